The molecular formula is C21H30N2O3. The quantitative estimate of drug-likeness (QED) is 0.869. The highest BCUT2D eigenvalue weighted by Crippen LogP contribution is 2.47. The molecule has 2 aliphatic heterocycles. The lowest BCUT2D eigenvalue weighted by Gasteiger charge is -2.42. The average Bonchev–Trinajstić information content (AvgIpc) is 3.10. The number of rotatable bonds is 4. The van der Waals surface area contributed by atoms with Crippen LogP contribution in [-0.2, 0) is 9.53 Å². The van der Waals surface area contributed by atoms with Gasteiger partial charge in [-0.1, -0.05) is 18.2 Å². The first-order valence-corrected chi connectivity index (χ1v) is 9.95. The zero-order valence-corrected chi connectivity index (χ0v) is 15.7. The third-order valence-electron chi connectivity index (χ3n) is 6.48. The maximum atomic E-state index is 13.3. The molecule has 1 saturated carbocycles. The van der Waals surface area contributed by atoms with E-state index in [9.17, 15) is 4.79 Å². The molecule has 1 aromatic carbocycles. The topological polar surface area (TPSA) is 59.6 Å². The van der Waals surface area contributed by atoms with Crippen LogP contribution in [0.5, 0.6) is 5.75 Å². The van der Waals surface area contributed by atoms with Gasteiger partial charge in [0.25, 0.3) is 0 Å². The fourth-order valence-corrected chi connectivity index (χ4v) is 5.00. The van der Waals surface area contributed by atoms with Gasteiger partial charge in [0.15, 0.2) is 0 Å². The van der Waals surface area contributed by atoms with E-state index in [0.717, 1.165) is 56.5 Å². The molecule has 0 aromatic heterocycles. The molecule has 5 nitrogen and oxygen atoms in total. The number of piperidine rings is 1. The summed E-state index contributed by atoms with van der Waals surface area (Å²) in [6.45, 7) is 2.21. The van der Waals surface area contributed by atoms with Crippen molar-refractivity contribution in [2.45, 2.75) is 56.6 Å². The van der Waals surface area contributed by atoms with Gasteiger partial charge in [0.2, 0.25) is 5.91 Å². The first-order chi connectivity index (χ1) is 12.7. The van der Waals surface area contributed by atoms with Crippen molar-refractivity contribution in [1.82, 2.24) is 10.6 Å². The normalized spacial score (nSPS) is 26.1. The summed E-state index contributed by atoms with van der Waals surface area (Å²) in [7, 11) is 1.69. The van der Waals surface area contributed by atoms with Crippen molar-refractivity contribution in [3.8, 4) is 5.75 Å². The van der Waals surface area contributed by atoms with E-state index in [-0.39, 0.29) is 17.6 Å². The second kappa shape index (κ2) is 7.20. The minimum atomic E-state index is -0.421. The van der Waals surface area contributed by atoms with E-state index in [1.165, 1.54) is 12.8 Å². The lowest BCUT2D eigenvalue weighted by atomic mass is 9.77. The predicted octanol–water partition coefficient (Wildman–Crippen LogP) is 2.96. The number of hydrogen-bond acceptors (Lipinski definition) is 4. The van der Waals surface area contributed by atoms with Crippen molar-refractivity contribution in [3.63, 3.8) is 0 Å². The Bertz CT molecular complexity index is 643. The Balaban J connectivity index is 1.58. The number of nitrogens with one attached hydrogen (secondary N) is 2. The fourth-order valence-electron chi connectivity index (χ4n) is 5.00. The minimum Gasteiger partial charge on any atom is -0.487 e. The van der Waals surface area contributed by atoms with Gasteiger partial charge in [-0.3, -0.25) is 4.79 Å². The first-order valence-electron chi connectivity index (χ1n) is 9.95. The summed E-state index contributed by atoms with van der Waals surface area (Å²) >= 11 is 0. The zero-order chi connectivity index (χ0) is 18.0. The predicted molar refractivity (Wildman–Crippen MR) is 100 cm³/mol. The number of ether oxygens (including phenoxy) is 2. The van der Waals surface area contributed by atoms with Crippen LogP contribution in [0.1, 0.15) is 56.6 Å². The van der Waals surface area contributed by atoms with Gasteiger partial charge in [-0.25, -0.2) is 0 Å². The van der Waals surface area contributed by atoms with Crippen LogP contribution in [0.2, 0.25) is 0 Å². The fraction of sp³-hybridized carbons (Fsp3) is 0.667. The molecule has 0 bridgehead atoms. The summed E-state index contributed by atoms with van der Waals surface area (Å²) in [6, 6.07) is 8.21. The molecular weight excluding hydrogens is 328 g/mol. The number of carbonyl (C=O) groups excluding carboxylic acids is 1. The van der Waals surface area contributed by atoms with Gasteiger partial charge < -0.3 is 20.1 Å². The third kappa shape index (κ3) is 3.23. The smallest absolute Gasteiger partial charge is 0.229 e. The van der Waals surface area contributed by atoms with Gasteiger partial charge in [-0.05, 0) is 57.7 Å². The lowest BCUT2D eigenvalue weighted by molar-refractivity contribution is -0.137. The Hall–Kier alpha value is -1.59. The van der Waals surface area contributed by atoms with Crippen LogP contribution in [0, 0.1) is 5.41 Å². The summed E-state index contributed by atoms with van der Waals surface area (Å²) in [5, 5.41) is 6.75. The standard InChI is InChI=1S/C21H30N2O3/c1-25-15-20(10-12-22-13-11-20)19(24)23-17-14-21(8-4-5-9-21)26-18-7-3-2-6-16(17)18/h2-3,6-7,17,22H,4-5,8-15H2,1H3,(H,23,24). The van der Waals surface area contributed by atoms with Crippen LogP contribution in [0.3, 0.4) is 0 Å². The highest BCUT2D eigenvalue weighted by atomic mass is 16.5. The van der Waals surface area contributed by atoms with Crippen LogP contribution in [0.25, 0.3) is 0 Å². The molecule has 5 heteroatoms. The van der Waals surface area contributed by atoms with Crippen molar-refractivity contribution < 1.29 is 14.3 Å². The van der Waals surface area contributed by atoms with Gasteiger partial charge in [-0.15, -0.1) is 0 Å². The molecule has 1 aromatic rings. The number of benzene rings is 1. The molecule has 0 radical (unpaired) electrons. The van der Waals surface area contributed by atoms with Crippen molar-refractivity contribution in [2.75, 3.05) is 26.8 Å². The highest BCUT2D eigenvalue weighted by molar-refractivity contribution is 5.83. The molecule has 2 N–H and O–H groups in total. The Kier molecular flexibility index (Phi) is 4.93. The SMILES string of the molecule is COCC1(C(=O)NC2CC3(CCCC3)Oc3ccccc32)CCNCC1. The number of amides is 1. The van der Waals surface area contributed by atoms with E-state index in [4.69, 9.17) is 9.47 Å². The second-order valence-electron chi connectivity index (χ2n) is 8.22. The molecule has 4 rings (SSSR count). The van der Waals surface area contributed by atoms with E-state index in [2.05, 4.69) is 16.7 Å². The van der Waals surface area contributed by atoms with Crippen molar-refractivity contribution in [3.05, 3.63) is 29.8 Å². The largest absolute Gasteiger partial charge is 0.487 e. The van der Waals surface area contributed by atoms with E-state index in [1.54, 1.807) is 7.11 Å². The van der Waals surface area contributed by atoms with Gasteiger partial charge in [-0.2, -0.15) is 0 Å². The Morgan fingerprint density at radius 3 is 2.69 bits per heavy atom. The highest BCUT2D eigenvalue weighted by Gasteiger charge is 2.46. The maximum absolute atomic E-state index is 13.3. The summed E-state index contributed by atoms with van der Waals surface area (Å²) in [5.41, 5.74) is 0.588. The molecule has 142 valence electrons. The number of para-hydroxylation sites is 1. The number of methoxy groups -OCH3 is 1. The molecule has 1 amide bonds. The Morgan fingerprint density at radius 1 is 1.23 bits per heavy atom. The van der Waals surface area contributed by atoms with Gasteiger partial charge in [0.1, 0.15) is 11.4 Å². The van der Waals surface area contributed by atoms with E-state index in [1.807, 2.05) is 18.2 Å². The van der Waals surface area contributed by atoms with Crippen LogP contribution in [0.4, 0.5) is 0 Å². The molecule has 3 aliphatic rings. The lowest BCUT2D eigenvalue weighted by Crippen LogP contribution is -2.52. The third-order valence-corrected chi connectivity index (χ3v) is 6.48. The molecule has 2 heterocycles. The monoisotopic (exact) mass is 358 g/mol. The summed E-state index contributed by atoms with van der Waals surface area (Å²) < 4.78 is 11.9. The number of fused-ring (bicyclic) bond motifs is 1. The molecule has 2 fully saturated rings. The minimum absolute atomic E-state index is 0.0224. The van der Waals surface area contributed by atoms with Gasteiger partial charge >= 0.3 is 0 Å². The first kappa shape index (κ1) is 17.8. The molecule has 1 aliphatic carbocycles. The Morgan fingerprint density at radius 2 is 1.96 bits per heavy atom. The zero-order valence-electron chi connectivity index (χ0n) is 15.7. The maximum Gasteiger partial charge on any atom is 0.229 e. The van der Waals surface area contributed by atoms with Crippen LogP contribution in [-0.4, -0.2) is 38.3 Å². The van der Waals surface area contributed by atoms with Crippen molar-refractivity contribution >= 4 is 5.91 Å². The van der Waals surface area contributed by atoms with Crippen LogP contribution in [0.15, 0.2) is 24.3 Å². The second-order valence-corrected chi connectivity index (χ2v) is 8.22. The molecule has 1 spiro atoms. The Labute approximate surface area is 155 Å². The van der Waals surface area contributed by atoms with Gasteiger partial charge in [0, 0.05) is 19.1 Å². The molecule has 26 heavy (non-hydrogen) atoms. The molecule has 1 unspecified atom stereocenters. The van der Waals surface area contributed by atoms with E-state index >= 15 is 0 Å². The van der Waals surface area contributed by atoms with Gasteiger partial charge in [0.05, 0.1) is 18.1 Å². The van der Waals surface area contributed by atoms with Crippen molar-refractivity contribution in [2.24, 2.45) is 5.41 Å². The number of carbonyl (C=O) groups is 1. The van der Waals surface area contributed by atoms with Crippen molar-refractivity contribution in [1.29, 1.82) is 0 Å². The van der Waals surface area contributed by atoms with Crippen LogP contribution < -0.4 is 15.4 Å². The average molecular weight is 358 g/mol. The summed E-state index contributed by atoms with van der Waals surface area (Å²) in [5.74, 6) is 1.08. The van der Waals surface area contributed by atoms with E-state index in [0.29, 0.717) is 6.61 Å². The summed E-state index contributed by atoms with van der Waals surface area (Å²) in [6.07, 6.45) is 7.11. The number of hydrogen-bond donors (Lipinski definition) is 2. The summed E-state index contributed by atoms with van der Waals surface area (Å²) in [4.78, 5) is 13.3. The molecule has 1 saturated heterocycles. The molecule has 1 atom stereocenters. The van der Waals surface area contributed by atoms with E-state index < -0.39 is 5.41 Å². The van der Waals surface area contributed by atoms with Crippen LogP contribution >= 0.6 is 0 Å².